The zero-order valence-corrected chi connectivity index (χ0v) is 10.4. The largest absolute Gasteiger partial charge is 0.395 e. The molecule has 6 nitrogen and oxygen atoms in total. The molecule has 2 rings (SSSR count). The molecule has 0 spiro atoms. The Bertz CT molecular complexity index is 506. The van der Waals surface area contributed by atoms with Gasteiger partial charge >= 0.3 is 0 Å². The molecule has 0 fully saturated rings. The first-order valence-corrected chi connectivity index (χ1v) is 5.99. The van der Waals surface area contributed by atoms with Crippen molar-refractivity contribution in [2.75, 3.05) is 26.3 Å². The van der Waals surface area contributed by atoms with Gasteiger partial charge in [0.15, 0.2) is 0 Å². The number of nitrogens with zero attached hydrogens (tertiary/aromatic N) is 3. The van der Waals surface area contributed by atoms with Crippen molar-refractivity contribution in [3.8, 4) is 0 Å². The van der Waals surface area contributed by atoms with Crippen molar-refractivity contribution in [2.24, 2.45) is 0 Å². The van der Waals surface area contributed by atoms with Crippen molar-refractivity contribution < 1.29 is 10.2 Å². The minimum Gasteiger partial charge on any atom is -0.395 e. The zero-order valence-electron chi connectivity index (χ0n) is 10.4. The summed E-state index contributed by atoms with van der Waals surface area (Å²) >= 11 is 0. The molecule has 0 unspecified atom stereocenters. The zero-order chi connectivity index (χ0) is 13.0. The van der Waals surface area contributed by atoms with Gasteiger partial charge in [-0.3, -0.25) is 4.90 Å². The third-order valence-electron chi connectivity index (χ3n) is 3.08. The van der Waals surface area contributed by atoms with Crippen molar-refractivity contribution in [3.63, 3.8) is 0 Å². The number of rotatable bonds is 6. The molecular weight excluding hydrogens is 232 g/mol. The minimum absolute atomic E-state index is 0.0885. The van der Waals surface area contributed by atoms with Gasteiger partial charge in [-0.15, -0.1) is 0 Å². The summed E-state index contributed by atoms with van der Waals surface area (Å²) in [4.78, 5) is 2.01. The molecule has 6 heteroatoms. The molecule has 0 radical (unpaired) electrons. The summed E-state index contributed by atoms with van der Waals surface area (Å²) < 4.78 is 0. The summed E-state index contributed by atoms with van der Waals surface area (Å²) in [6.45, 7) is 3.98. The maximum absolute atomic E-state index is 9.00. The van der Waals surface area contributed by atoms with Gasteiger partial charge in [0.05, 0.1) is 13.2 Å². The molecule has 3 N–H and O–H groups in total. The Morgan fingerprint density at radius 3 is 2.56 bits per heavy atom. The number of nitrogens with one attached hydrogen (secondary N) is 1. The number of hydrogen-bond acceptors (Lipinski definition) is 5. The highest BCUT2D eigenvalue weighted by atomic mass is 16.3. The fraction of sp³-hybridized carbons (Fsp3) is 0.500. The van der Waals surface area contributed by atoms with Gasteiger partial charge in [-0.05, 0) is 24.1 Å². The van der Waals surface area contributed by atoms with Crippen LogP contribution in [0, 0.1) is 6.92 Å². The Balaban J connectivity index is 2.21. The molecule has 0 atom stereocenters. The van der Waals surface area contributed by atoms with Gasteiger partial charge in [-0.1, -0.05) is 6.07 Å². The minimum atomic E-state index is 0.0885. The number of aromatic amines is 1. The molecule has 0 bridgehead atoms. The normalized spacial score (nSPS) is 11.6. The van der Waals surface area contributed by atoms with Gasteiger partial charge in [0.2, 0.25) is 0 Å². The fourth-order valence-corrected chi connectivity index (χ4v) is 2.05. The van der Waals surface area contributed by atoms with Crippen LogP contribution in [0.4, 0.5) is 0 Å². The smallest absolute Gasteiger partial charge is 0.116 e. The van der Waals surface area contributed by atoms with Crippen LogP contribution in [0.3, 0.4) is 0 Å². The van der Waals surface area contributed by atoms with E-state index in [1.54, 1.807) is 0 Å². The van der Waals surface area contributed by atoms with Crippen LogP contribution < -0.4 is 0 Å². The van der Waals surface area contributed by atoms with E-state index in [0.29, 0.717) is 19.6 Å². The number of fused-ring (bicyclic) bond motifs is 1. The van der Waals surface area contributed by atoms with E-state index in [0.717, 1.165) is 22.2 Å². The van der Waals surface area contributed by atoms with Crippen LogP contribution in [-0.2, 0) is 6.54 Å². The van der Waals surface area contributed by atoms with E-state index in [4.69, 9.17) is 10.2 Å². The van der Waals surface area contributed by atoms with Crippen LogP contribution in [0.25, 0.3) is 11.0 Å². The highest BCUT2D eigenvalue weighted by Crippen LogP contribution is 2.19. The Morgan fingerprint density at radius 1 is 1.17 bits per heavy atom. The van der Waals surface area contributed by atoms with E-state index in [1.807, 2.05) is 24.0 Å². The molecule has 98 valence electrons. The molecule has 2 aromatic rings. The van der Waals surface area contributed by atoms with E-state index < -0.39 is 0 Å². The molecule has 18 heavy (non-hydrogen) atoms. The molecular formula is C12H18N4O2. The van der Waals surface area contributed by atoms with E-state index in [-0.39, 0.29) is 13.2 Å². The van der Waals surface area contributed by atoms with E-state index in [2.05, 4.69) is 15.4 Å². The van der Waals surface area contributed by atoms with Crippen LogP contribution in [0.1, 0.15) is 11.1 Å². The summed E-state index contributed by atoms with van der Waals surface area (Å²) in [5.41, 5.74) is 3.95. The lowest BCUT2D eigenvalue weighted by Gasteiger charge is -2.21. The molecule has 0 aliphatic heterocycles. The highest BCUT2D eigenvalue weighted by Gasteiger charge is 2.10. The van der Waals surface area contributed by atoms with Crippen LogP contribution in [0.15, 0.2) is 12.1 Å². The van der Waals surface area contributed by atoms with E-state index >= 15 is 0 Å². The van der Waals surface area contributed by atoms with Gasteiger partial charge in [0.25, 0.3) is 0 Å². The Morgan fingerprint density at radius 2 is 1.89 bits per heavy atom. The average molecular weight is 250 g/mol. The number of benzene rings is 1. The van der Waals surface area contributed by atoms with Crippen molar-refractivity contribution in [2.45, 2.75) is 13.5 Å². The van der Waals surface area contributed by atoms with Crippen LogP contribution in [0.2, 0.25) is 0 Å². The van der Waals surface area contributed by atoms with Gasteiger partial charge in [0, 0.05) is 19.6 Å². The predicted octanol–water partition coefficient (Wildman–Crippen LogP) is 0.0529. The standard InChI is InChI=1S/C12H18N4O2/c1-9-10(8-16(4-6-17)5-7-18)2-3-11-12(9)14-15-13-11/h2-3,17-18H,4-8H2,1H3,(H,13,14,15). The monoisotopic (exact) mass is 250 g/mol. The van der Waals surface area contributed by atoms with Crippen LogP contribution in [0.5, 0.6) is 0 Å². The third-order valence-corrected chi connectivity index (χ3v) is 3.08. The summed E-state index contributed by atoms with van der Waals surface area (Å²) in [7, 11) is 0. The topological polar surface area (TPSA) is 85.3 Å². The molecule has 0 saturated heterocycles. The maximum atomic E-state index is 9.00. The lowest BCUT2D eigenvalue weighted by Crippen LogP contribution is -2.29. The second-order valence-electron chi connectivity index (χ2n) is 4.26. The van der Waals surface area contributed by atoms with Gasteiger partial charge < -0.3 is 10.2 Å². The maximum Gasteiger partial charge on any atom is 0.116 e. The number of aromatic nitrogens is 3. The lowest BCUT2D eigenvalue weighted by molar-refractivity contribution is 0.155. The summed E-state index contributed by atoms with van der Waals surface area (Å²) in [5.74, 6) is 0. The first-order valence-electron chi connectivity index (χ1n) is 5.99. The Kier molecular flexibility index (Phi) is 4.24. The lowest BCUT2D eigenvalue weighted by atomic mass is 10.1. The van der Waals surface area contributed by atoms with Gasteiger partial charge in [0.1, 0.15) is 11.0 Å². The summed E-state index contributed by atoms with van der Waals surface area (Å²) in [5, 5.41) is 28.8. The van der Waals surface area contributed by atoms with Crippen molar-refractivity contribution in [1.82, 2.24) is 20.3 Å². The molecule has 0 amide bonds. The number of aliphatic hydroxyl groups is 2. The third kappa shape index (κ3) is 2.66. The number of hydrogen-bond donors (Lipinski definition) is 3. The SMILES string of the molecule is Cc1c(CN(CCO)CCO)ccc2n[nH]nc12. The van der Waals surface area contributed by atoms with Crippen LogP contribution >= 0.6 is 0 Å². The predicted molar refractivity (Wildman–Crippen MR) is 68.1 cm³/mol. The second-order valence-corrected chi connectivity index (χ2v) is 4.26. The molecule has 0 saturated carbocycles. The number of H-pyrrole nitrogens is 1. The molecule has 1 heterocycles. The van der Waals surface area contributed by atoms with E-state index in [1.165, 1.54) is 0 Å². The number of aryl methyl sites for hydroxylation is 1. The van der Waals surface area contributed by atoms with E-state index in [9.17, 15) is 0 Å². The molecule has 0 aliphatic carbocycles. The Hall–Kier alpha value is -1.50. The number of aliphatic hydroxyl groups excluding tert-OH is 2. The second kappa shape index (κ2) is 5.90. The average Bonchev–Trinajstić information content (AvgIpc) is 2.82. The van der Waals surface area contributed by atoms with Gasteiger partial charge in [-0.25, -0.2) is 0 Å². The molecule has 1 aromatic carbocycles. The van der Waals surface area contributed by atoms with Crippen molar-refractivity contribution in [1.29, 1.82) is 0 Å². The van der Waals surface area contributed by atoms with Crippen LogP contribution in [-0.4, -0.2) is 56.8 Å². The first-order chi connectivity index (χ1) is 8.76. The Labute approximate surface area is 105 Å². The summed E-state index contributed by atoms with van der Waals surface area (Å²) in [6.07, 6.45) is 0. The highest BCUT2D eigenvalue weighted by molar-refractivity contribution is 5.78. The van der Waals surface area contributed by atoms with Crippen molar-refractivity contribution in [3.05, 3.63) is 23.3 Å². The molecule has 0 aliphatic rings. The molecule has 1 aromatic heterocycles. The first kappa shape index (κ1) is 12.9. The summed E-state index contributed by atoms with van der Waals surface area (Å²) in [6, 6.07) is 3.94. The fourth-order valence-electron chi connectivity index (χ4n) is 2.05. The van der Waals surface area contributed by atoms with Gasteiger partial charge in [-0.2, -0.15) is 15.4 Å². The quantitative estimate of drug-likeness (QED) is 0.674. The van der Waals surface area contributed by atoms with Crippen molar-refractivity contribution >= 4 is 11.0 Å².